The molecule has 0 radical (unpaired) electrons. The molecule has 3 aromatic heterocycles. The van der Waals surface area contributed by atoms with Gasteiger partial charge in [0, 0.05) is 16.3 Å². The maximum absolute atomic E-state index is 9.53. The van der Waals surface area contributed by atoms with E-state index in [-0.39, 0.29) is 57.0 Å². The first kappa shape index (κ1) is 50.6. The van der Waals surface area contributed by atoms with Crippen molar-refractivity contribution in [3.8, 4) is 95.6 Å². The summed E-state index contributed by atoms with van der Waals surface area (Å²) in [6.45, 7) is 24.4. The molecule has 0 aliphatic rings. The molecule has 15 aromatic rings. The number of imidazole rings is 2. The van der Waals surface area contributed by atoms with Crippen LogP contribution in [0.4, 0.5) is 0 Å². The van der Waals surface area contributed by atoms with Crippen molar-refractivity contribution >= 4 is 44.0 Å². The SMILES string of the molecule is [2H]c1c([2H])c([2H])c(-c2cccc(-c3c([2H])c([2H])c([2H])c([2H])c3[2H])c2-[n+]2[c-]n(-c3cc(Oc4cc(-c5nc6ccccc6n5-c5c(C(C)C)cc(-c6ccccc6)cc5C(C)C)cc(C(C)(C)C)c4)cc4c3oc3ccccc34)c3cc(-c4c(C(C)C)cc(-c5ccccc5)cc4C(C)C)ccc32)c([2H])c1[2H]. The number of benzene rings is 12. The zero-order chi connectivity index (χ0) is 74.8. The highest BCUT2D eigenvalue weighted by molar-refractivity contribution is 6.08. The van der Waals surface area contributed by atoms with Crippen LogP contribution in [0.2, 0.25) is 0 Å². The quantitative estimate of drug-likeness (QED) is 0.0759. The van der Waals surface area contributed by atoms with Crippen molar-refractivity contribution in [3.63, 3.8) is 0 Å². The van der Waals surface area contributed by atoms with Gasteiger partial charge in [0.25, 0.3) is 6.33 Å². The van der Waals surface area contributed by atoms with E-state index >= 15 is 0 Å². The largest absolute Gasteiger partial charge is 0.460 e. The van der Waals surface area contributed by atoms with Crippen molar-refractivity contribution in [1.29, 1.82) is 0 Å². The molecule has 12 aromatic carbocycles. The van der Waals surface area contributed by atoms with Crippen LogP contribution in [0.15, 0.2) is 265 Å². The van der Waals surface area contributed by atoms with Crippen molar-refractivity contribution in [3.05, 3.63) is 295 Å². The second kappa shape index (κ2) is 24.8. The van der Waals surface area contributed by atoms with E-state index in [1.165, 1.54) is 11.1 Å². The maximum atomic E-state index is 9.53. The summed E-state index contributed by atoms with van der Waals surface area (Å²) >= 11 is 0. The van der Waals surface area contributed by atoms with E-state index in [0.717, 1.165) is 89.0 Å². The third kappa shape index (κ3) is 11.2. The Morgan fingerprint density at radius 3 is 1.61 bits per heavy atom. The van der Waals surface area contributed by atoms with Gasteiger partial charge in [-0.2, -0.15) is 0 Å². The summed E-state index contributed by atoms with van der Waals surface area (Å²) in [6, 6.07) is 62.2. The van der Waals surface area contributed by atoms with E-state index in [1.54, 1.807) is 22.8 Å². The highest BCUT2D eigenvalue weighted by atomic mass is 16.5. The molecule has 0 spiro atoms. The van der Waals surface area contributed by atoms with Gasteiger partial charge in [-0.25, -0.2) is 4.98 Å². The molecular weight excluding hydrogens is 1170 g/mol. The molecule has 0 saturated heterocycles. The fourth-order valence-corrected chi connectivity index (χ4v) is 13.7. The third-order valence-electron chi connectivity index (χ3n) is 18.5. The lowest BCUT2D eigenvalue weighted by Crippen LogP contribution is -2.31. The van der Waals surface area contributed by atoms with Crippen LogP contribution in [0, 0.1) is 6.33 Å². The Morgan fingerprint density at radius 1 is 0.469 bits per heavy atom. The number of ether oxygens (including phenoxy) is 1. The van der Waals surface area contributed by atoms with Crippen LogP contribution >= 0.6 is 0 Å². The van der Waals surface area contributed by atoms with E-state index in [1.807, 2.05) is 59.2 Å². The minimum Gasteiger partial charge on any atom is -0.460 e. The third-order valence-corrected chi connectivity index (χ3v) is 18.5. The number of aromatic nitrogens is 4. The molecule has 0 saturated carbocycles. The van der Waals surface area contributed by atoms with Gasteiger partial charge in [0.1, 0.15) is 34.2 Å². The van der Waals surface area contributed by atoms with E-state index in [9.17, 15) is 5.48 Å². The van der Waals surface area contributed by atoms with Crippen LogP contribution < -0.4 is 9.30 Å². The van der Waals surface area contributed by atoms with E-state index in [0.29, 0.717) is 39.4 Å². The average molecular weight is 1260 g/mol. The summed E-state index contributed by atoms with van der Waals surface area (Å²) in [5.74, 6) is 2.11. The number of para-hydroxylation sites is 4. The Hall–Kier alpha value is -10.8. The first-order chi connectivity index (χ1) is 50.7. The molecule has 15 rings (SSSR count). The van der Waals surface area contributed by atoms with E-state index in [4.69, 9.17) is 22.4 Å². The van der Waals surface area contributed by atoms with Gasteiger partial charge in [0.15, 0.2) is 0 Å². The summed E-state index contributed by atoms with van der Waals surface area (Å²) in [7, 11) is 0. The standard InChI is InChI=1S/C90H80N4O2/c1-56(2)74-47-65(60-29-16-12-17-30-60)48-75(57(3)4)85(74)64-43-44-81-82(51-64)92(55-93(81)86-71(62-33-20-14-21-34-62)38-28-39-72(86)63-35-22-15-23-36-63)83-54-70(53-78-73-37-24-27-42-84(73)96-88(78)83)95-69-46-67(45-68(52-69)90(9,10)11)89-91-79-40-25-26-41-80(79)94(89)87-76(58(5)6)49-66(50-77(87)59(7)8)61-31-18-13-19-32-61/h12-54,56-59H,1-11H3/i14D,15D,20D,21D,22D,23D,33D,34D,35D,36D. The molecular formula is C90H80N4O2. The minimum atomic E-state index is -0.590. The molecule has 0 fully saturated rings. The molecule has 0 N–H and O–H groups in total. The summed E-state index contributed by atoms with van der Waals surface area (Å²) in [6.07, 6.45) is 3.75. The fraction of sp³-hybridized carbons (Fsp3) is 0.178. The fourth-order valence-electron chi connectivity index (χ4n) is 13.7. The second-order valence-corrected chi connectivity index (χ2v) is 27.3. The first-order valence-electron chi connectivity index (χ1n) is 38.2. The first-order valence-corrected chi connectivity index (χ1v) is 33.2. The molecule has 472 valence electrons. The second-order valence-electron chi connectivity index (χ2n) is 27.3. The lowest BCUT2D eigenvalue weighted by atomic mass is 9.82. The lowest BCUT2D eigenvalue weighted by molar-refractivity contribution is -0.571. The van der Waals surface area contributed by atoms with Gasteiger partial charge in [-0.1, -0.05) is 270 Å². The van der Waals surface area contributed by atoms with Gasteiger partial charge in [0.05, 0.1) is 47.1 Å². The molecule has 96 heavy (non-hydrogen) atoms. The molecule has 0 aliphatic carbocycles. The van der Waals surface area contributed by atoms with Crippen LogP contribution in [0.5, 0.6) is 11.5 Å². The van der Waals surface area contributed by atoms with Crippen molar-refractivity contribution in [2.45, 2.75) is 105 Å². The molecule has 6 heteroatoms. The van der Waals surface area contributed by atoms with E-state index < -0.39 is 60.4 Å². The normalized spacial score (nSPS) is 13.5. The average Bonchev–Trinajstić information content (AvgIpc) is 1.42. The van der Waals surface area contributed by atoms with Crippen molar-refractivity contribution in [2.24, 2.45) is 0 Å². The predicted molar refractivity (Wildman–Crippen MR) is 400 cm³/mol. The van der Waals surface area contributed by atoms with Gasteiger partial charge >= 0.3 is 0 Å². The van der Waals surface area contributed by atoms with Gasteiger partial charge in [-0.3, -0.25) is 13.7 Å². The zero-order valence-corrected chi connectivity index (χ0v) is 56.0. The van der Waals surface area contributed by atoms with Crippen molar-refractivity contribution in [1.82, 2.24) is 14.1 Å². The number of fused-ring (bicyclic) bond motifs is 5. The van der Waals surface area contributed by atoms with Crippen LogP contribution in [0.3, 0.4) is 0 Å². The minimum absolute atomic E-state index is 0.0562. The topological polar surface area (TPSA) is 49.0 Å². The van der Waals surface area contributed by atoms with Crippen LogP contribution in [-0.2, 0) is 5.41 Å². The Bertz CT molecular complexity index is 5860. The van der Waals surface area contributed by atoms with Crippen LogP contribution in [-0.4, -0.2) is 14.1 Å². The van der Waals surface area contributed by atoms with Gasteiger partial charge in [0.2, 0.25) is 0 Å². The molecule has 0 unspecified atom stereocenters. The summed E-state index contributed by atoms with van der Waals surface area (Å²) in [5.41, 5.74) is 18.1. The van der Waals surface area contributed by atoms with Gasteiger partial charge in [-0.15, -0.1) is 0 Å². The monoisotopic (exact) mass is 1260 g/mol. The Kier molecular flexibility index (Phi) is 13.1. The number of nitrogens with zero attached hydrogens (tertiary/aromatic N) is 4. The van der Waals surface area contributed by atoms with Gasteiger partial charge in [-0.05, 0) is 179 Å². The number of furan rings is 1. The van der Waals surface area contributed by atoms with Crippen LogP contribution in [0.1, 0.15) is 141 Å². The Balaban J connectivity index is 1.02. The number of hydrogen-bond acceptors (Lipinski definition) is 3. The van der Waals surface area contributed by atoms with Crippen LogP contribution in [0.25, 0.3) is 128 Å². The molecule has 0 atom stereocenters. The molecule has 3 heterocycles. The molecule has 6 nitrogen and oxygen atoms in total. The number of hydrogen-bond donors (Lipinski definition) is 0. The lowest BCUT2D eigenvalue weighted by Gasteiger charge is -2.25. The van der Waals surface area contributed by atoms with E-state index in [2.05, 4.69) is 214 Å². The zero-order valence-electron chi connectivity index (χ0n) is 66.0. The number of rotatable bonds is 15. The Morgan fingerprint density at radius 2 is 1.02 bits per heavy atom. The summed E-state index contributed by atoms with van der Waals surface area (Å²) in [5, 5.41) is 1.53. The molecule has 0 amide bonds. The molecule has 0 bridgehead atoms. The van der Waals surface area contributed by atoms with Crippen molar-refractivity contribution < 1.29 is 27.4 Å². The predicted octanol–water partition coefficient (Wildman–Crippen LogP) is 24.5. The molecule has 0 aliphatic heterocycles. The highest BCUT2D eigenvalue weighted by Crippen LogP contribution is 2.46. The highest BCUT2D eigenvalue weighted by Gasteiger charge is 2.29. The summed E-state index contributed by atoms with van der Waals surface area (Å²) < 4.78 is 112. The van der Waals surface area contributed by atoms with Gasteiger partial charge < -0.3 is 9.15 Å². The smallest absolute Gasteiger partial charge is 0.270 e. The van der Waals surface area contributed by atoms with Crippen molar-refractivity contribution in [2.75, 3.05) is 0 Å². The Labute approximate surface area is 578 Å². The maximum Gasteiger partial charge on any atom is 0.270 e. The summed E-state index contributed by atoms with van der Waals surface area (Å²) in [4.78, 5) is 5.55.